The Morgan fingerprint density at radius 2 is 1.88 bits per heavy atom. The number of amides is 3. The third-order valence-electron chi connectivity index (χ3n) is 5.20. The Morgan fingerprint density at radius 1 is 1.21 bits per heavy atom. The number of hydrogen-bond donors (Lipinski definition) is 0. The van der Waals surface area contributed by atoms with Gasteiger partial charge in [-0.05, 0) is 56.7 Å². The normalized spacial score (nSPS) is 21.0. The molecule has 1 aromatic carbocycles. The minimum absolute atomic E-state index is 0.0426. The molecule has 126 valence electrons. The molecule has 0 spiro atoms. The monoisotopic (exact) mass is 330 g/mol. The molecule has 3 amide bonds. The number of carbonyl (C=O) groups excluding carboxylic acids is 3. The van der Waals surface area contributed by atoms with E-state index >= 15 is 0 Å². The molecule has 0 N–H and O–H groups in total. The largest absolute Gasteiger partial charge is 0.335 e. The van der Waals surface area contributed by atoms with Gasteiger partial charge in [-0.2, -0.15) is 0 Å². The van der Waals surface area contributed by atoms with Gasteiger partial charge in [0, 0.05) is 12.1 Å². The maximum atomic E-state index is 13.3. The maximum Gasteiger partial charge on any atom is 0.262 e. The maximum absolute atomic E-state index is 13.3. The zero-order chi connectivity index (χ0) is 17.0. The van der Waals surface area contributed by atoms with Crippen molar-refractivity contribution in [2.75, 3.05) is 6.54 Å². The third-order valence-corrected chi connectivity index (χ3v) is 5.20. The molecule has 0 aromatic heterocycles. The van der Waals surface area contributed by atoms with Crippen LogP contribution in [0.3, 0.4) is 0 Å². The summed E-state index contributed by atoms with van der Waals surface area (Å²) in [5.41, 5.74) is 0.212. The van der Waals surface area contributed by atoms with Crippen molar-refractivity contribution in [3.63, 3.8) is 0 Å². The van der Waals surface area contributed by atoms with Crippen molar-refractivity contribution < 1.29 is 18.8 Å². The summed E-state index contributed by atoms with van der Waals surface area (Å²) in [7, 11) is 0. The summed E-state index contributed by atoms with van der Waals surface area (Å²) in [5, 5.41) is 0. The average Bonchev–Trinajstić information content (AvgIpc) is 3.44. The van der Waals surface area contributed by atoms with Crippen LogP contribution >= 0.6 is 0 Å². The van der Waals surface area contributed by atoms with Gasteiger partial charge in [0.2, 0.25) is 5.91 Å². The summed E-state index contributed by atoms with van der Waals surface area (Å²) in [5.74, 6) is -1.32. The van der Waals surface area contributed by atoms with Crippen molar-refractivity contribution in [1.29, 1.82) is 0 Å². The molecule has 2 aliphatic carbocycles. The van der Waals surface area contributed by atoms with E-state index in [0.717, 1.165) is 42.7 Å². The Bertz CT molecular complexity index is 740. The molecule has 1 aliphatic heterocycles. The average molecular weight is 330 g/mol. The van der Waals surface area contributed by atoms with Gasteiger partial charge in [-0.25, -0.2) is 4.39 Å². The first-order valence-electron chi connectivity index (χ1n) is 8.44. The molecule has 0 radical (unpaired) electrons. The van der Waals surface area contributed by atoms with Gasteiger partial charge in [0.25, 0.3) is 11.8 Å². The van der Waals surface area contributed by atoms with Gasteiger partial charge in [-0.15, -0.1) is 0 Å². The number of hydrogen-bond acceptors (Lipinski definition) is 3. The van der Waals surface area contributed by atoms with Crippen LogP contribution in [0.25, 0.3) is 0 Å². The molecule has 2 saturated carbocycles. The number of fused-ring (bicyclic) bond motifs is 1. The third kappa shape index (κ3) is 2.50. The van der Waals surface area contributed by atoms with Gasteiger partial charge in [0.05, 0.1) is 11.1 Å². The highest BCUT2D eigenvalue weighted by molar-refractivity contribution is 6.22. The predicted octanol–water partition coefficient (Wildman–Crippen LogP) is 2.21. The van der Waals surface area contributed by atoms with E-state index in [2.05, 4.69) is 0 Å². The molecule has 0 saturated heterocycles. The number of imide groups is 1. The van der Waals surface area contributed by atoms with Crippen molar-refractivity contribution in [3.05, 3.63) is 35.1 Å². The summed E-state index contributed by atoms with van der Waals surface area (Å²) in [4.78, 5) is 40.4. The van der Waals surface area contributed by atoms with E-state index in [0.29, 0.717) is 5.92 Å². The lowest BCUT2D eigenvalue weighted by molar-refractivity contribution is -0.134. The number of benzene rings is 1. The van der Waals surface area contributed by atoms with E-state index in [1.165, 1.54) is 6.07 Å². The van der Waals surface area contributed by atoms with Crippen molar-refractivity contribution in [2.45, 2.75) is 44.7 Å². The molecule has 1 aromatic rings. The SMILES string of the molecule is C[C@H](C1CC1)N(C(=O)CN1C(=O)c2ccc(F)cc2C1=O)C1CC1. The first-order chi connectivity index (χ1) is 11.5. The van der Waals surface area contributed by atoms with E-state index in [1.54, 1.807) is 0 Å². The first-order valence-corrected chi connectivity index (χ1v) is 8.44. The van der Waals surface area contributed by atoms with Crippen LogP contribution in [0, 0.1) is 11.7 Å². The van der Waals surface area contributed by atoms with Crippen LogP contribution in [-0.2, 0) is 4.79 Å². The zero-order valence-electron chi connectivity index (χ0n) is 13.5. The van der Waals surface area contributed by atoms with Crippen LogP contribution in [0.4, 0.5) is 4.39 Å². The lowest BCUT2D eigenvalue weighted by Gasteiger charge is -2.30. The smallest absolute Gasteiger partial charge is 0.262 e. The van der Waals surface area contributed by atoms with E-state index in [-0.39, 0.29) is 35.7 Å². The second-order valence-electron chi connectivity index (χ2n) is 7.00. The van der Waals surface area contributed by atoms with Gasteiger partial charge in [-0.1, -0.05) is 0 Å². The molecule has 0 unspecified atom stereocenters. The van der Waals surface area contributed by atoms with Gasteiger partial charge in [0.1, 0.15) is 12.4 Å². The molecule has 3 aliphatic rings. The van der Waals surface area contributed by atoms with Gasteiger partial charge in [-0.3, -0.25) is 19.3 Å². The van der Waals surface area contributed by atoms with Crippen molar-refractivity contribution >= 4 is 17.7 Å². The Kier molecular flexibility index (Phi) is 3.44. The van der Waals surface area contributed by atoms with Gasteiger partial charge in [0.15, 0.2) is 0 Å². The quantitative estimate of drug-likeness (QED) is 0.778. The van der Waals surface area contributed by atoms with E-state index in [4.69, 9.17) is 0 Å². The molecule has 6 heteroatoms. The highest BCUT2D eigenvalue weighted by Crippen LogP contribution is 2.40. The summed E-state index contributed by atoms with van der Waals surface area (Å²) >= 11 is 0. The number of halogens is 1. The molecule has 24 heavy (non-hydrogen) atoms. The Balaban J connectivity index is 1.53. The minimum atomic E-state index is -0.585. The predicted molar refractivity (Wildman–Crippen MR) is 83.8 cm³/mol. The molecule has 1 atom stereocenters. The van der Waals surface area contributed by atoms with Crippen LogP contribution in [0.1, 0.15) is 53.3 Å². The van der Waals surface area contributed by atoms with Crippen LogP contribution in [0.5, 0.6) is 0 Å². The Morgan fingerprint density at radius 3 is 2.50 bits per heavy atom. The zero-order valence-corrected chi connectivity index (χ0v) is 13.5. The van der Waals surface area contributed by atoms with E-state index in [9.17, 15) is 18.8 Å². The summed E-state index contributed by atoms with van der Waals surface area (Å²) in [6.45, 7) is 1.78. The highest BCUT2D eigenvalue weighted by atomic mass is 19.1. The van der Waals surface area contributed by atoms with Crippen molar-refractivity contribution in [3.8, 4) is 0 Å². The lowest BCUT2D eigenvalue weighted by Crippen LogP contribution is -2.48. The molecule has 5 nitrogen and oxygen atoms in total. The number of rotatable bonds is 5. The molecule has 4 rings (SSSR count). The first kappa shape index (κ1) is 15.3. The number of carbonyl (C=O) groups is 3. The molecular weight excluding hydrogens is 311 g/mol. The van der Waals surface area contributed by atoms with Crippen LogP contribution in [-0.4, -0.2) is 46.1 Å². The molecule has 0 bridgehead atoms. The fourth-order valence-electron chi connectivity index (χ4n) is 3.55. The Hall–Kier alpha value is -2.24. The topological polar surface area (TPSA) is 57.7 Å². The standard InChI is InChI=1S/C18H19FN2O3/c1-10(11-2-3-11)21(13-5-6-13)16(22)9-20-17(23)14-7-4-12(19)8-15(14)18(20)24/h4,7-8,10-11,13H,2-3,5-6,9H2,1H3/t10-/m1/s1. The number of nitrogens with zero attached hydrogens (tertiary/aromatic N) is 2. The fourth-order valence-corrected chi connectivity index (χ4v) is 3.55. The second-order valence-corrected chi connectivity index (χ2v) is 7.00. The molecule has 1 heterocycles. The van der Waals surface area contributed by atoms with Crippen LogP contribution < -0.4 is 0 Å². The molecule has 2 fully saturated rings. The second kappa shape index (κ2) is 5.40. The van der Waals surface area contributed by atoms with Crippen LogP contribution in [0.2, 0.25) is 0 Å². The van der Waals surface area contributed by atoms with Gasteiger partial charge < -0.3 is 4.90 Å². The van der Waals surface area contributed by atoms with Crippen molar-refractivity contribution in [1.82, 2.24) is 9.80 Å². The summed E-state index contributed by atoms with van der Waals surface area (Å²) < 4.78 is 13.3. The summed E-state index contributed by atoms with van der Waals surface area (Å²) in [6.07, 6.45) is 4.22. The highest BCUT2D eigenvalue weighted by Gasteiger charge is 2.44. The van der Waals surface area contributed by atoms with E-state index < -0.39 is 17.6 Å². The van der Waals surface area contributed by atoms with Gasteiger partial charge >= 0.3 is 0 Å². The van der Waals surface area contributed by atoms with Crippen LogP contribution in [0.15, 0.2) is 18.2 Å². The molecular formula is C18H19FN2O3. The summed E-state index contributed by atoms with van der Waals surface area (Å²) in [6, 6.07) is 3.91. The van der Waals surface area contributed by atoms with Crippen molar-refractivity contribution in [2.24, 2.45) is 5.92 Å². The fraction of sp³-hybridized carbons (Fsp3) is 0.500. The van der Waals surface area contributed by atoms with E-state index in [1.807, 2.05) is 11.8 Å². The minimum Gasteiger partial charge on any atom is -0.335 e. The Labute approximate surface area is 139 Å². The lowest BCUT2D eigenvalue weighted by atomic mass is 10.1.